The van der Waals surface area contributed by atoms with Crippen LogP contribution in [0.25, 0.3) is 0 Å². The highest BCUT2D eigenvalue weighted by Gasteiger charge is 2.23. The summed E-state index contributed by atoms with van der Waals surface area (Å²) in [5.41, 5.74) is 0.349. The molecule has 0 aromatic carbocycles. The van der Waals surface area contributed by atoms with Crippen molar-refractivity contribution >= 4 is 11.7 Å². The standard InChI is InChI=1S/C12H18N4O2/c1-15(2)12(18)10-3-4-11(14-13-10)16-6-5-9(7-16)8-17/h3-4,9,17H,5-8H2,1-2H3. The topological polar surface area (TPSA) is 69.6 Å². The van der Waals surface area contributed by atoms with Gasteiger partial charge in [0.25, 0.3) is 5.91 Å². The molecule has 0 spiro atoms. The largest absolute Gasteiger partial charge is 0.396 e. The summed E-state index contributed by atoms with van der Waals surface area (Å²) in [5, 5.41) is 17.1. The van der Waals surface area contributed by atoms with Gasteiger partial charge in [-0.1, -0.05) is 0 Å². The number of nitrogens with zero attached hydrogens (tertiary/aromatic N) is 4. The minimum absolute atomic E-state index is 0.149. The first-order chi connectivity index (χ1) is 8.61. The third-order valence-corrected chi connectivity index (χ3v) is 3.14. The maximum Gasteiger partial charge on any atom is 0.273 e. The van der Waals surface area contributed by atoms with Crippen molar-refractivity contribution in [1.29, 1.82) is 0 Å². The molecule has 1 N–H and O–H groups in total. The van der Waals surface area contributed by atoms with E-state index in [1.165, 1.54) is 4.90 Å². The van der Waals surface area contributed by atoms with Gasteiger partial charge in [0.15, 0.2) is 11.5 Å². The zero-order valence-electron chi connectivity index (χ0n) is 10.7. The lowest BCUT2D eigenvalue weighted by Crippen LogP contribution is -2.25. The van der Waals surface area contributed by atoms with Gasteiger partial charge in [0.2, 0.25) is 0 Å². The van der Waals surface area contributed by atoms with E-state index in [0.29, 0.717) is 11.6 Å². The molecule has 0 saturated carbocycles. The summed E-state index contributed by atoms with van der Waals surface area (Å²) in [7, 11) is 3.37. The Hall–Kier alpha value is -1.69. The van der Waals surface area contributed by atoms with Crippen LogP contribution in [0.2, 0.25) is 0 Å². The van der Waals surface area contributed by atoms with Crippen molar-refractivity contribution < 1.29 is 9.90 Å². The van der Waals surface area contributed by atoms with Crippen LogP contribution in [0.5, 0.6) is 0 Å². The van der Waals surface area contributed by atoms with Crippen LogP contribution in [0.1, 0.15) is 16.9 Å². The lowest BCUT2D eigenvalue weighted by Gasteiger charge is -2.16. The fourth-order valence-electron chi connectivity index (χ4n) is 2.03. The van der Waals surface area contributed by atoms with E-state index < -0.39 is 0 Å². The van der Waals surface area contributed by atoms with Crippen molar-refractivity contribution in [2.45, 2.75) is 6.42 Å². The molecule has 1 aromatic rings. The Morgan fingerprint density at radius 3 is 2.78 bits per heavy atom. The first-order valence-corrected chi connectivity index (χ1v) is 6.03. The summed E-state index contributed by atoms with van der Waals surface area (Å²) in [4.78, 5) is 15.2. The van der Waals surface area contributed by atoms with E-state index in [4.69, 9.17) is 5.11 Å². The average Bonchev–Trinajstić information content (AvgIpc) is 2.86. The highest BCUT2D eigenvalue weighted by Crippen LogP contribution is 2.21. The number of anilines is 1. The Labute approximate surface area is 106 Å². The maximum absolute atomic E-state index is 11.7. The Morgan fingerprint density at radius 2 is 2.28 bits per heavy atom. The first kappa shape index (κ1) is 12.8. The number of carbonyl (C=O) groups is 1. The molecule has 6 nitrogen and oxygen atoms in total. The van der Waals surface area contributed by atoms with Crippen LogP contribution < -0.4 is 4.90 Å². The summed E-state index contributed by atoms with van der Waals surface area (Å²) in [6.07, 6.45) is 0.969. The van der Waals surface area contributed by atoms with Gasteiger partial charge in [0, 0.05) is 39.7 Å². The molecule has 1 saturated heterocycles. The van der Waals surface area contributed by atoms with Gasteiger partial charge in [-0.25, -0.2) is 0 Å². The van der Waals surface area contributed by atoms with Crippen LogP contribution in [-0.2, 0) is 0 Å². The highest BCUT2D eigenvalue weighted by molar-refractivity contribution is 5.91. The van der Waals surface area contributed by atoms with E-state index >= 15 is 0 Å². The van der Waals surface area contributed by atoms with Crippen LogP contribution in [0.4, 0.5) is 5.82 Å². The smallest absolute Gasteiger partial charge is 0.273 e. The van der Waals surface area contributed by atoms with Gasteiger partial charge in [-0.15, -0.1) is 10.2 Å². The van der Waals surface area contributed by atoms with E-state index in [2.05, 4.69) is 15.1 Å². The molecule has 18 heavy (non-hydrogen) atoms. The van der Waals surface area contributed by atoms with Gasteiger partial charge in [-0.2, -0.15) is 0 Å². The fraction of sp³-hybridized carbons (Fsp3) is 0.583. The van der Waals surface area contributed by atoms with E-state index in [-0.39, 0.29) is 12.5 Å². The van der Waals surface area contributed by atoms with Crippen molar-refractivity contribution in [2.24, 2.45) is 5.92 Å². The number of carbonyl (C=O) groups excluding carboxylic acids is 1. The first-order valence-electron chi connectivity index (χ1n) is 6.03. The second kappa shape index (κ2) is 5.30. The lowest BCUT2D eigenvalue weighted by atomic mass is 10.1. The molecule has 1 aliphatic rings. The average molecular weight is 250 g/mol. The van der Waals surface area contributed by atoms with E-state index in [9.17, 15) is 4.79 Å². The molecule has 1 fully saturated rings. The Bertz CT molecular complexity index is 419. The minimum Gasteiger partial charge on any atom is -0.396 e. The summed E-state index contributed by atoms with van der Waals surface area (Å²) < 4.78 is 0. The number of hydrogen-bond donors (Lipinski definition) is 1. The molecular weight excluding hydrogens is 232 g/mol. The molecule has 2 rings (SSSR count). The van der Waals surface area contributed by atoms with Gasteiger partial charge in [0.1, 0.15) is 0 Å². The number of aliphatic hydroxyl groups excluding tert-OH is 1. The van der Waals surface area contributed by atoms with Crippen molar-refractivity contribution in [3.8, 4) is 0 Å². The van der Waals surface area contributed by atoms with E-state index in [0.717, 1.165) is 25.3 Å². The lowest BCUT2D eigenvalue weighted by molar-refractivity contribution is 0.0821. The van der Waals surface area contributed by atoms with Crippen LogP contribution >= 0.6 is 0 Å². The fourth-order valence-corrected chi connectivity index (χ4v) is 2.03. The van der Waals surface area contributed by atoms with Gasteiger partial charge >= 0.3 is 0 Å². The Balaban J connectivity index is 2.06. The normalized spacial score (nSPS) is 19.1. The highest BCUT2D eigenvalue weighted by atomic mass is 16.3. The van der Waals surface area contributed by atoms with Crippen LogP contribution in [0.3, 0.4) is 0 Å². The molecule has 1 unspecified atom stereocenters. The second-order valence-electron chi connectivity index (χ2n) is 4.76. The third kappa shape index (κ3) is 2.59. The molecular formula is C12H18N4O2. The summed E-state index contributed by atoms with van der Waals surface area (Å²) in [6.45, 7) is 1.88. The number of amides is 1. The Morgan fingerprint density at radius 1 is 1.50 bits per heavy atom. The quantitative estimate of drug-likeness (QED) is 0.817. The molecule has 6 heteroatoms. The molecule has 0 bridgehead atoms. The van der Waals surface area contributed by atoms with Crippen molar-refractivity contribution in [3.63, 3.8) is 0 Å². The molecule has 98 valence electrons. The zero-order valence-corrected chi connectivity index (χ0v) is 10.7. The predicted octanol–water partition coefficient (Wildman–Crippen LogP) is -0.00300. The number of rotatable bonds is 3. The third-order valence-electron chi connectivity index (χ3n) is 3.14. The summed E-state index contributed by atoms with van der Waals surface area (Å²) >= 11 is 0. The molecule has 2 heterocycles. The minimum atomic E-state index is -0.149. The second-order valence-corrected chi connectivity index (χ2v) is 4.76. The molecule has 0 radical (unpaired) electrons. The van der Waals surface area contributed by atoms with Crippen molar-refractivity contribution in [2.75, 3.05) is 38.7 Å². The molecule has 1 amide bonds. The monoisotopic (exact) mass is 250 g/mol. The van der Waals surface area contributed by atoms with E-state index in [1.54, 1.807) is 20.2 Å². The van der Waals surface area contributed by atoms with Crippen molar-refractivity contribution in [3.05, 3.63) is 17.8 Å². The summed E-state index contributed by atoms with van der Waals surface area (Å²) in [5.74, 6) is 0.930. The zero-order chi connectivity index (χ0) is 13.1. The van der Waals surface area contributed by atoms with Crippen LogP contribution in [-0.4, -0.2) is 59.9 Å². The number of hydrogen-bond acceptors (Lipinski definition) is 5. The predicted molar refractivity (Wildman–Crippen MR) is 67.5 cm³/mol. The molecule has 1 aliphatic heterocycles. The SMILES string of the molecule is CN(C)C(=O)c1ccc(N2CCC(CO)C2)nn1. The number of aromatic nitrogens is 2. The van der Waals surface area contributed by atoms with Crippen LogP contribution in [0.15, 0.2) is 12.1 Å². The van der Waals surface area contributed by atoms with Gasteiger partial charge in [0.05, 0.1) is 0 Å². The summed E-state index contributed by atoms with van der Waals surface area (Å²) in [6, 6.07) is 3.50. The Kier molecular flexibility index (Phi) is 3.76. The molecule has 1 aromatic heterocycles. The maximum atomic E-state index is 11.7. The van der Waals surface area contributed by atoms with Gasteiger partial charge < -0.3 is 14.9 Å². The molecule has 1 atom stereocenters. The van der Waals surface area contributed by atoms with E-state index in [1.807, 2.05) is 6.07 Å². The van der Waals surface area contributed by atoms with Gasteiger partial charge in [-0.3, -0.25) is 4.79 Å². The molecule has 0 aliphatic carbocycles. The number of aliphatic hydroxyl groups is 1. The van der Waals surface area contributed by atoms with Crippen molar-refractivity contribution in [1.82, 2.24) is 15.1 Å². The van der Waals surface area contributed by atoms with Gasteiger partial charge in [-0.05, 0) is 18.6 Å². The van der Waals surface area contributed by atoms with Crippen LogP contribution in [0, 0.1) is 5.92 Å².